The third kappa shape index (κ3) is 3.20. The first-order valence-electron chi connectivity index (χ1n) is 5.85. The fourth-order valence-electron chi connectivity index (χ4n) is 1.77. The standard InChI is InChI=1S/C16H15O2/c1-18-16(17)15-9-5-8-14(12-15)11-10-13-6-3-2-4-7-13/h2-10,12H,11H2,1H3. The molecule has 0 aliphatic rings. The number of benzene rings is 2. The van der Waals surface area contributed by atoms with Gasteiger partial charge in [-0.15, -0.1) is 0 Å². The second kappa shape index (κ2) is 6.01. The van der Waals surface area contributed by atoms with Crippen molar-refractivity contribution in [2.75, 3.05) is 7.11 Å². The van der Waals surface area contributed by atoms with Gasteiger partial charge < -0.3 is 4.74 Å². The van der Waals surface area contributed by atoms with Crippen LogP contribution in [0.5, 0.6) is 0 Å². The van der Waals surface area contributed by atoms with Crippen molar-refractivity contribution < 1.29 is 9.53 Å². The lowest BCUT2D eigenvalue weighted by Gasteiger charge is -2.04. The van der Waals surface area contributed by atoms with E-state index in [-0.39, 0.29) is 5.97 Å². The first-order chi connectivity index (χ1) is 8.79. The van der Waals surface area contributed by atoms with Gasteiger partial charge in [0, 0.05) is 0 Å². The van der Waals surface area contributed by atoms with Gasteiger partial charge in [0.2, 0.25) is 0 Å². The molecule has 2 nitrogen and oxygen atoms in total. The van der Waals surface area contributed by atoms with Crippen LogP contribution in [0.3, 0.4) is 0 Å². The molecule has 0 amide bonds. The smallest absolute Gasteiger partial charge is 0.337 e. The number of hydrogen-bond donors (Lipinski definition) is 0. The van der Waals surface area contributed by atoms with Crippen LogP contribution in [0.4, 0.5) is 0 Å². The normalized spacial score (nSPS) is 10.1. The van der Waals surface area contributed by atoms with Crippen LogP contribution in [0, 0.1) is 6.42 Å². The largest absolute Gasteiger partial charge is 0.465 e. The Morgan fingerprint density at radius 1 is 1.11 bits per heavy atom. The predicted octanol–water partition coefficient (Wildman–Crippen LogP) is 3.27. The molecule has 1 radical (unpaired) electrons. The SMILES string of the molecule is COC(=O)c1cccc(C[CH]c2ccccc2)c1. The fourth-order valence-corrected chi connectivity index (χ4v) is 1.77. The minimum Gasteiger partial charge on any atom is -0.465 e. The zero-order valence-corrected chi connectivity index (χ0v) is 10.3. The molecule has 0 bridgehead atoms. The molecule has 2 aromatic carbocycles. The van der Waals surface area contributed by atoms with E-state index in [2.05, 4.69) is 18.6 Å². The maximum Gasteiger partial charge on any atom is 0.337 e. The molecule has 0 spiro atoms. The van der Waals surface area contributed by atoms with E-state index in [9.17, 15) is 4.79 Å². The lowest BCUT2D eigenvalue weighted by Crippen LogP contribution is -2.01. The number of carbonyl (C=O) groups excluding carboxylic acids is 1. The van der Waals surface area contributed by atoms with Gasteiger partial charge in [0.05, 0.1) is 12.7 Å². The lowest BCUT2D eigenvalue weighted by molar-refractivity contribution is 0.0600. The van der Waals surface area contributed by atoms with Crippen LogP contribution in [0.2, 0.25) is 0 Å². The highest BCUT2D eigenvalue weighted by Crippen LogP contribution is 2.11. The molecule has 2 heteroatoms. The Morgan fingerprint density at radius 2 is 1.89 bits per heavy atom. The summed E-state index contributed by atoms with van der Waals surface area (Å²) in [6, 6.07) is 17.6. The number of carbonyl (C=O) groups is 1. The Kier molecular flexibility index (Phi) is 4.13. The molecule has 91 valence electrons. The van der Waals surface area contributed by atoms with Crippen LogP contribution in [0.1, 0.15) is 21.5 Å². The van der Waals surface area contributed by atoms with Crippen molar-refractivity contribution in [3.63, 3.8) is 0 Å². The van der Waals surface area contributed by atoms with Crippen LogP contribution < -0.4 is 0 Å². The van der Waals surface area contributed by atoms with E-state index in [4.69, 9.17) is 4.74 Å². The summed E-state index contributed by atoms with van der Waals surface area (Å²) in [5, 5.41) is 0. The minimum absolute atomic E-state index is 0.295. The topological polar surface area (TPSA) is 26.3 Å². The molecule has 0 aliphatic carbocycles. The summed E-state index contributed by atoms with van der Waals surface area (Å²) < 4.78 is 4.70. The van der Waals surface area contributed by atoms with Crippen LogP contribution in [0.25, 0.3) is 0 Å². The zero-order valence-electron chi connectivity index (χ0n) is 10.3. The van der Waals surface area contributed by atoms with Crippen LogP contribution in [-0.2, 0) is 11.2 Å². The van der Waals surface area contributed by atoms with Crippen molar-refractivity contribution in [1.29, 1.82) is 0 Å². The Bertz CT molecular complexity index is 518. The maximum absolute atomic E-state index is 11.4. The summed E-state index contributed by atoms with van der Waals surface area (Å²) in [4.78, 5) is 11.4. The van der Waals surface area contributed by atoms with Crippen molar-refractivity contribution in [1.82, 2.24) is 0 Å². The Hall–Kier alpha value is -2.09. The number of hydrogen-bond acceptors (Lipinski definition) is 2. The van der Waals surface area contributed by atoms with Gasteiger partial charge in [-0.3, -0.25) is 0 Å². The first-order valence-corrected chi connectivity index (χ1v) is 5.85. The van der Waals surface area contributed by atoms with Crippen LogP contribution >= 0.6 is 0 Å². The van der Waals surface area contributed by atoms with Gasteiger partial charge >= 0.3 is 5.97 Å². The van der Waals surface area contributed by atoms with E-state index in [1.807, 2.05) is 36.4 Å². The summed E-state index contributed by atoms with van der Waals surface area (Å²) in [7, 11) is 1.39. The molecule has 0 aromatic heterocycles. The average molecular weight is 239 g/mol. The van der Waals surface area contributed by atoms with Gasteiger partial charge in [-0.1, -0.05) is 42.5 Å². The number of esters is 1. The number of rotatable bonds is 4. The van der Waals surface area contributed by atoms with Crippen molar-refractivity contribution in [3.8, 4) is 0 Å². The molecule has 0 unspecified atom stereocenters. The fraction of sp³-hybridized carbons (Fsp3) is 0.125. The molecule has 0 atom stereocenters. The third-order valence-electron chi connectivity index (χ3n) is 2.72. The number of ether oxygens (including phenoxy) is 1. The molecule has 18 heavy (non-hydrogen) atoms. The molecular formula is C16H15O2. The quantitative estimate of drug-likeness (QED) is 0.765. The van der Waals surface area contributed by atoms with Gasteiger partial charge in [0.1, 0.15) is 0 Å². The molecular weight excluding hydrogens is 224 g/mol. The Balaban J connectivity index is 2.04. The van der Waals surface area contributed by atoms with Crippen LogP contribution in [-0.4, -0.2) is 13.1 Å². The van der Waals surface area contributed by atoms with Gasteiger partial charge in [-0.25, -0.2) is 4.79 Å². The van der Waals surface area contributed by atoms with Gasteiger partial charge in [-0.2, -0.15) is 0 Å². The highest BCUT2D eigenvalue weighted by Gasteiger charge is 2.05. The third-order valence-corrected chi connectivity index (χ3v) is 2.72. The predicted molar refractivity (Wildman–Crippen MR) is 71.3 cm³/mol. The number of methoxy groups -OCH3 is 1. The lowest BCUT2D eigenvalue weighted by atomic mass is 10.0. The second-order valence-corrected chi connectivity index (χ2v) is 4.01. The van der Waals surface area contributed by atoms with E-state index >= 15 is 0 Å². The van der Waals surface area contributed by atoms with E-state index in [1.165, 1.54) is 12.7 Å². The molecule has 0 saturated heterocycles. The van der Waals surface area contributed by atoms with E-state index in [1.54, 1.807) is 6.07 Å². The summed E-state index contributed by atoms with van der Waals surface area (Å²) in [6.07, 6.45) is 2.94. The summed E-state index contributed by atoms with van der Waals surface area (Å²) >= 11 is 0. The van der Waals surface area contributed by atoms with Crippen molar-refractivity contribution in [2.24, 2.45) is 0 Å². The monoisotopic (exact) mass is 239 g/mol. The molecule has 0 fully saturated rings. The molecule has 0 saturated carbocycles. The molecule has 2 rings (SSSR count). The highest BCUT2D eigenvalue weighted by atomic mass is 16.5. The summed E-state index contributed by atoms with van der Waals surface area (Å²) in [5.74, 6) is -0.295. The second-order valence-electron chi connectivity index (χ2n) is 4.01. The van der Waals surface area contributed by atoms with E-state index < -0.39 is 0 Å². The van der Waals surface area contributed by atoms with E-state index in [0.717, 1.165) is 12.0 Å². The summed E-state index contributed by atoms with van der Waals surface area (Å²) in [6.45, 7) is 0. The van der Waals surface area contributed by atoms with Crippen molar-refractivity contribution >= 4 is 5.97 Å². The van der Waals surface area contributed by atoms with Gasteiger partial charge in [-0.05, 0) is 36.1 Å². The van der Waals surface area contributed by atoms with Crippen molar-refractivity contribution in [2.45, 2.75) is 6.42 Å². The van der Waals surface area contributed by atoms with Gasteiger partial charge in [0.15, 0.2) is 0 Å². The summed E-state index contributed by atoms with van der Waals surface area (Å²) in [5.41, 5.74) is 2.87. The molecule has 0 N–H and O–H groups in total. The zero-order chi connectivity index (χ0) is 12.8. The van der Waals surface area contributed by atoms with Crippen LogP contribution in [0.15, 0.2) is 54.6 Å². The highest BCUT2D eigenvalue weighted by molar-refractivity contribution is 5.89. The maximum atomic E-state index is 11.4. The Labute approximate surface area is 107 Å². The molecule has 0 aliphatic heterocycles. The molecule has 0 heterocycles. The van der Waals surface area contributed by atoms with Gasteiger partial charge in [0.25, 0.3) is 0 Å². The average Bonchev–Trinajstić information content (AvgIpc) is 2.45. The minimum atomic E-state index is -0.295. The first kappa shape index (κ1) is 12.4. The van der Waals surface area contributed by atoms with Crippen molar-refractivity contribution in [3.05, 3.63) is 77.7 Å². The van der Waals surface area contributed by atoms with E-state index in [0.29, 0.717) is 5.56 Å². The Morgan fingerprint density at radius 3 is 2.61 bits per heavy atom. The molecule has 2 aromatic rings.